The Kier molecular flexibility index (Phi) is 4.28. The summed E-state index contributed by atoms with van der Waals surface area (Å²) in [6.07, 6.45) is 4.17. The normalized spacial score (nSPS) is 24.0. The van der Waals surface area contributed by atoms with Gasteiger partial charge in [-0.3, -0.25) is 0 Å². The number of rotatable bonds is 3. The molecule has 0 radical (unpaired) electrons. The Morgan fingerprint density at radius 3 is 2.67 bits per heavy atom. The Hall–Kier alpha value is -1.02. The molecule has 18 heavy (non-hydrogen) atoms. The fraction of sp³-hybridized carbons (Fsp3) is 0.625. The maximum Gasteiger partial charge on any atom is 0.122 e. The van der Waals surface area contributed by atoms with Crippen molar-refractivity contribution in [2.45, 2.75) is 52.6 Å². The lowest BCUT2D eigenvalue weighted by atomic mass is 9.99. The van der Waals surface area contributed by atoms with E-state index in [0.717, 1.165) is 18.3 Å². The van der Waals surface area contributed by atoms with Gasteiger partial charge in [-0.2, -0.15) is 0 Å². The summed E-state index contributed by atoms with van der Waals surface area (Å²) in [6, 6.07) is 5.17. The summed E-state index contributed by atoms with van der Waals surface area (Å²) in [5, 5.41) is 0. The van der Waals surface area contributed by atoms with Crippen molar-refractivity contribution in [3.8, 4) is 5.75 Å². The quantitative estimate of drug-likeness (QED) is 0.866. The minimum atomic E-state index is 0.806. The Morgan fingerprint density at radius 2 is 2.00 bits per heavy atom. The van der Waals surface area contributed by atoms with E-state index in [-0.39, 0.29) is 0 Å². The van der Waals surface area contributed by atoms with Crippen molar-refractivity contribution >= 4 is 0 Å². The highest BCUT2D eigenvalue weighted by Gasteiger charge is 2.22. The fourth-order valence-corrected chi connectivity index (χ4v) is 3.02. The second-order valence-corrected chi connectivity index (χ2v) is 5.66. The van der Waals surface area contributed by atoms with Gasteiger partial charge >= 0.3 is 0 Å². The molecule has 100 valence electrons. The number of hydrogen-bond acceptors (Lipinski definition) is 1. The van der Waals surface area contributed by atoms with Gasteiger partial charge in [0.2, 0.25) is 0 Å². The Bertz CT molecular complexity index is 414. The molecule has 0 spiro atoms. The zero-order valence-electron chi connectivity index (χ0n) is 12.2. The maximum absolute atomic E-state index is 5.39. The molecule has 0 amide bonds. The summed E-state index contributed by atoms with van der Waals surface area (Å²) in [7, 11) is 1.75. The van der Waals surface area contributed by atoms with Crippen molar-refractivity contribution in [2.24, 2.45) is 0 Å². The van der Waals surface area contributed by atoms with E-state index in [1.54, 1.807) is 12.0 Å². The van der Waals surface area contributed by atoms with Crippen LogP contribution in [-0.4, -0.2) is 19.7 Å². The van der Waals surface area contributed by atoms with Gasteiger partial charge in [-0.25, -0.2) is 0 Å². The Balaban J connectivity index is 2.16. The predicted octanol–water partition coefficient (Wildman–Crippen LogP) is 2.27. The average molecular weight is 248 g/mol. The third-order valence-corrected chi connectivity index (χ3v) is 4.57. The SMILES string of the molecule is COc1ccc(C[NH+]2CCCC[C@H]2C)c(C)c1C. The third-order valence-electron chi connectivity index (χ3n) is 4.57. The minimum absolute atomic E-state index is 0.806. The highest BCUT2D eigenvalue weighted by Crippen LogP contribution is 2.23. The molecule has 1 aromatic carbocycles. The molecule has 1 aliphatic heterocycles. The van der Waals surface area contributed by atoms with E-state index in [4.69, 9.17) is 4.74 Å². The molecule has 1 aromatic rings. The molecule has 0 aromatic heterocycles. The van der Waals surface area contributed by atoms with Crippen molar-refractivity contribution in [2.75, 3.05) is 13.7 Å². The van der Waals surface area contributed by atoms with Crippen LogP contribution < -0.4 is 9.64 Å². The Morgan fingerprint density at radius 1 is 1.22 bits per heavy atom. The highest BCUT2D eigenvalue weighted by atomic mass is 16.5. The van der Waals surface area contributed by atoms with E-state index in [0.29, 0.717) is 0 Å². The molecule has 2 atom stereocenters. The van der Waals surface area contributed by atoms with E-state index in [2.05, 4.69) is 32.9 Å². The number of nitrogens with one attached hydrogen (secondary N) is 1. The van der Waals surface area contributed by atoms with Crippen molar-refractivity contribution in [1.29, 1.82) is 0 Å². The molecule has 2 nitrogen and oxygen atoms in total. The zero-order valence-corrected chi connectivity index (χ0v) is 12.2. The van der Waals surface area contributed by atoms with Crippen LogP contribution in [0.15, 0.2) is 12.1 Å². The van der Waals surface area contributed by atoms with Crippen LogP contribution in [0.5, 0.6) is 5.75 Å². The first-order chi connectivity index (χ1) is 8.63. The molecule has 1 unspecified atom stereocenters. The van der Waals surface area contributed by atoms with E-state index in [1.165, 1.54) is 42.5 Å². The highest BCUT2D eigenvalue weighted by molar-refractivity contribution is 5.43. The summed E-state index contributed by atoms with van der Waals surface area (Å²) in [4.78, 5) is 1.74. The minimum Gasteiger partial charge on any atom is -0.496 e. The number of piperidine rings is 1. The Labute approximate surface area is 111 Å². The van der Waals surface area contributed by atoms with E-state index in [9.17, 15) is 0 Å². The molecule has 2 heteroatoms. The molecule has 1 N–H and O–H groups in total. The molecular weight excluding hydrogens is 222 g/mol. The summed E-state index contributed by atoms with van der Waals surface area (Å²) in [5.74, 6) is 1.01. The van der Waals surface area contributed by atoms with Gasteiger partial charge in [-0.15, -0.1) is 0 Å². The van der Waals surface area contributed by atoms with Crippen molar-refractivity contribution in [3.63, 3.8) is 0 Å². The van der Waals surface area contributed by atoms with Crippen LogP contribution >= 0.6 is 0 Å². The largest absolute Gasteiger partial charge is 0.496 e. The smallest absolute Gasteiger partial charge is 0.122 e. The summed E-state index contributed by atoms with van der Waals surface area (Å²) in [6.45, 7) is 9.26. The van der Waals surface area contributed by atoms with Crippen molar-refractivity contribution in [1.82, 2.24) is 0 Å². The summed E-state index contributed by atoms with van der Waals surface area (Å²) < 4.78 is 5.39. The molecule has 1 aliphatic rings. The van der Waals surface area contributed by atoms with Gasteiger partial charge < -0.3 is 9.64 Å². The van der Waals surface area contributed by atoms with Crippen molar-refractivity contribution < 1.29 is 9.64 Å². The lowest BCUT2D eigenvalue weighted by Crippen LogP contribution is -3.14. The number of ether oxygens (including phenoxy) is 1. The number of likely N-dealkylation sites (tertiary alicyclic amines) is 1. The van der Waals surface area contributed by atoms with Gasteiger partial charge in [-0.1, -0.05) is 0 Å². The van der Waals surface area contributed by atoms with E-state index in [1.807, 2.05) is 0 Å². The predicted molar refractivity (Wildman–Crippen MR) is 75.3 cm³/mol. The maximum atomic E-state index is 5.39. The number of methoxy groups -OCH3 is 1. The molecule has 2 rings (SSSR count). The first kappa shape index (κ1) is 13.4. The van der Waals surface area contributed by atoms with Crippen LogP contribution in [0.1, 0.15) is 42.9 Å². The molecule has 0 bridgehead atoms. The summed E-state index contributed by atoms with van der Waals surface area (Å²) >= 11 is 0. The third kappa shape index (κ3) is 2.69. The molecule has 1 fully saturated rings. The molecule has 1 saturated heterocycles. The number of benzene rings is 1. The molecular formula is C16H26NO+. The fourth-order valence-electron chi connectivity index (χ4n) is 3.02. The summed E-state index contributed by atoms with van der Waals surface area (Å²) in [5.41, 5.74) is 4.18. The molecule has 0 aliphatic carbocycles. The van der Waals surface area contributed by atoms with E-state index >= 15 is 0 Å². The molecule has 1 heterocycles. The number of hydrogen-bond donors (Lipinski definition) is 1. The van der Waals surface area contributed by atoms with Crippen molar-refractivity contribution in [3.05, 3.63) is 28.8 Å². The first-order valence-corrected chi connectivity index (χ1v) is 7.11. The second kappa shape index (κ2) is 5.75. The van der Waals surface area contributed by atoms with Gasteiger partial charge in [0.1, 0.15) is 12.3 Å². The van der Waals surface area contributed by atoms with Gasteiger partial charge in [0, 0.05) is 5.56 Å². The second-order valence-electron chi connectivity index (χ2n) is 5.66. The topological polar surface area (TPSA) is 13.7 Å². The van der Waals surface area contributed by atoms with Gasteiger partial charge in [0.05, 0.1) is 19.7 Å². The van der Waals surface area contributed by atoms with Gasteiger partial charge in [0.25, 0.3) is 0 Å². The van der Waals surface area contributed by atoms with Gasteiger partial charge in [0.15, 0.2) is 0 Å². The first-order valence-electron chi connectivity index (χ1n) is 7.11. The van der Waals surface area contributed by atoms with Crippen LogP contribution in [-0.2, 0) is 6.54 Å². The van der Waals surface area contributed by atoms with Crippen LogP contribution in [0.2, 0.25) is 0 Å². The monoisotopic (exact) mass is 248 g/mol. The average Bonchev–Trinajstić information content (AvgIpc) is 2.38. The van der Waals surface area contributed by atoms with Crippen LogP contribution in [0, 0.1) is 13.8 Å². The number of quaternary nitrogens is 1. The van der Waals surface area contributed by atoms with Crippen LogP contribution in [0.3, 0.4) is 0 Å². The van der Waals surface area contributed by atoms with E-state index < -0.39 is 0 Å². The molecule has 0 saturated carbocycles. The van der Waals surface area contributed by atoms with Crippen LogP contribution in [0.4, 0.5) is 0 Å². The zero-order chi connectivity index (χ0) is 13.1. The standard InChI is InChI=1S/C16H25NO/c1-12-7-5-6-10-17(12)11-15-8-9-16(18-4)14(3)13(15)2/h8-9,12H,5-7,10-11H2,1-4H3/p+1/t12-/m1/s1. The van der Waals surface area contributed by atoms with Gasteiger partial charge in [-0.05, 0) is 63.3 Å². The lowest BCUT2D eigenvalue weighted by molar-refractivity contribution is -0.941. The van der Waals surface area contributed by atoms with Crippen LogP contribution in [0.25, 0.3) is 0 Å². The lowest BCUT2D eigenvalue weighted by Gasteiger charge is -2.30.